The number of rotatable bonds is 2. The number of hydrogen-bond donors (Lipinski definition) is 1. The zero-order valence-corrected chi connectivity index (χ0v) is 10.3. The van der Waals surface area contributed by atoms with Crippen LogP contribution in [0.4, 0.5) is 0 Å². The van der Waals surface area contributed by atoms with E-state index in [2.05, 4.69) is 34.5 Å². The van der Waals surface area contributed by atoms with Crippen molar-refractivity contribution in [2.75, 3.05) is 26.3 Å². The van der Waals surface area contributed by atoms with Gasteiger partial charge in [0.15, 0.2) is 0 Å². The van der Waals surface area contributed by atoms with Crippen molar-refractivity contribution < 1.29 is 9.53 Å². The van der Waals surface area contributed by atoms with Crippen molar-refractivity contribution in [2.45, 2.75) is 12.6 Å². The smallest absolute Gasteiger partial charge is 0.227 e. The Morgan fingerprint density at radius 2 is 2.06 bits per heavy atom. The summed E-state index contributed by atoms with van der Waals surface area (Å²) in [5.41, 5.74) is 1.30. The van der Waals surface area contributed by atoms with Crippen LogP contribution in [0.5, 0.6) is 0 Å². The maximum absolute atomic E-state index is 11.9. The number of benzene rings is 1. The summed E-state index contributed by atoms with van der Waals surface area (Å²) in [6, 6.07) is 10.5. The average molecular weight is 246 g/mol. The van der Waals surface area contributed by atoms with Gasteiger partial charge in [-0.2, -0.15) is 0 Å². The Hall–Kier alpha value is -1.39. The van der Waals surface area contributed by atoms with Gasteiger partial charge in [0.1, 0.15) is 0 Å². The van der Waals surface area contributed by atoms with Crippen LogP contribution in [0, 0.1) is 5.92 Å². The van der Waals surface area contributed by atoms with Gasteiger partial charge in [0.05, 0.1) is 25.2 Å². The molecule has 18 heavy (non-hydrogen) atoms. The maximum Gasteiger partial charge on any atom is 0.227 e. The lowest BCUT2D eigenvalue weighted by molar-refractivity contribution is -0.125. The molecule has 1 aromatic rings. The van der Waals surface area contributed by atoms with Crippen molar-refractivity contribution in [3.05, 3.63) is 35.9 Å². The van der Waals surface area contributed by atoms with Crippen molar-refractivity contribution in [1.29, 1.82) is 0 Å². The summed E-state index contributed by atoms with van der Waals surface area (Å²) < 4.78 is 5.52. The minimum Gasteiger partial charge on any atom is -0.378 e. The zero-order valence-electron chi connectivity index (χ0n) is 10.3. The lowest BCUT2D eigenvalue weighted by Crippen LogP contribution is -2.41. The number of fused-ring (bicyclic) bond motifs is 3. The normalized spacial score (nSPS) is 28.6. The molecule has 0 aromatic heterocycles. The van der Waals surface area contributed by atoms with Crippen LogP contribution in [0.1, 0.15) is 5.56 Å². The number of hydrogen-bond acceptors (Lipinski definition) is 3. The zero-order chi connectivity index (χ0) is 12.4. The van der Waals surface area contributed by atoms with E-state index in [4.69, 9.17) is 4.74 Å². The molecule has 0 spiro atoms. The van der Waals surface area contributed by atoms with Gasteiger partial charge in [0, 0.05) is 19.6 Å². The summed E-state index contributed by atoms with van der Waals surface area (Å²) >= 11 is 0. The largest absolute Gasteiger partial charge is 0.378 e. The fourth-order valence-corrected chi connectivity index (χ4v) is 2.69. The molecule has 0 aliphatic carbocycles. The standard InChI is InChI=1S/C14H18N2O2/c17-14-12-7-16(6-11-4-2-1-3-5-11)8-13(15-14)10-18-9-12/h1-5,12-13H,6-10H2,(H,15,17)/t12-,13+/m0/s1. The van der Waals surface area contributed by atoms with Crippen LogP contribution in [0.2, 0.25) is 0 Å². The summed E-state index contributed by atoms with van der Waals surface area (Å²) in [7, 11) is 0. The number of carbonyl (C=O) groups is 1. The molecule has 96 valence electrons. The minimum absolute atomic E-state index is 0.0267. The van der Waals surface area contributed by atoms with Gasteiger partial charge in [-0.05, 0) is 5.56 Å². The van der Waals surface area contributed by atoms with E-state index in [9.17, 15) is 4.79 Å². The predicted molar refractivity (Wildman–Crippen MR) is 68.0 cm³/mol. The van der Waals surface area contributed by atoms with Crippen molar-refractivity contribution in [3.63, 3.8) is 0 Å². The summed E-state index contributed by atoms with van der Waals surface area (Å²) in [6.45, 7) is 3.75. The molecule has 0 unspecified atom stereocenters. The molecule has 2 aliphatic heterocycles. The Labute approximate surface area is 107 Å². The SMILES string of the molecule is O=C1N[C@H]2COC[C@@H]1CN(Cc1ccccc1)C2. The molecule has 2 saturated heterocycles. The van der Waals surface area contributed by atoms with Crippen LogP contribution in [0.3, 0.4) is 0 Å². The highest BCUT2D eigenvalue weighted by atomic mass is 16.5. The van der Waals surface area contributed by atoms with Gasteiger partial charge in [-0.15, -0.1) is 0 Å². The van der Waals surface area contributed by atoms with Gasteiger partial charge >= 0.3 is 0 Å². The molecule has 2 aliphatic rings. The number of carbonyl (C=O) groups excluding carboxylic acids is 1. The van der Waals surface area contributed by atoms with Crippen molar-refractivity contribution >= 4 is 5.91 Å². The van der Waals surface area contributed by atoms with Crippen LogP contribution in [-0.2, 0) is 16.1 Å². The highest BCUT2D eigenvalue weighted by molar-refractivity contribution is 5.79. The summed E-state index contributed by atoms with van der Waals surface area (Å²) in [6.07, 6.45) is 0. The lowest BCUT2D eigenvalue weighted by atomic mass is 10.1. The first-order valence-corrected chi connectivity index (χ1v) is 6.45. The van der Waals surface area contributed by atoms with E-state index in [1.165, 1.54) is 5.56 Å². The number of nitrogens with zero attached hydrogens (tertiary/aromatic N) is 1. The number of ether oxygens (including phenoxy) is 1. The third kappa shape index (κ3) is 2.54. The van der Waals surface area contributed by atoms with Gasteiger partial charge in [0.25, 0.3) is 0 Å². The molecule has 1 N–H and O–H groups in total. The minimum atomic E-state index is -0.0267. The fraction of sp³-hybridized carbons (Fsp3) is 0.500. The Morgan fingerprint density at radius 1 is 1.22 bits per heavy atom. The fourth-order valence-electron chi connectivity index (χ4n) is 2.69. The maximum atomic E-state index is 11.9. The van der Waals surface area contributed by atoms with Crippen molar-refractivity contribution in [3.8, 4) is 0 Å². The Morgan fingerprint density at radius 3 is 2.89 bits per heavy atom. The van der Waals surface area contributed by atoms with E-state index < -0.39 is 0 Å². The second kappa shape index (κ2) is 5.08. The van der Waals surface area contributed by atoms with Crippen LogP contribution in [0.15, 0.2) is 30.3 Å². The van der Waals surface area contributed by atoms with Gasteiger partial charge < -0.3 is 10.1 Å². The van der Waals surface area contributed by atoms with Crippen LogP contribution >= 0.6 is 0 Å². The molecule has 0 saturated carbocycles. The highest BCUT2D eigenvalue weighted by Gasteiger charge is 2.32. The monoisotopic (exact) mass is 246 g/mol. The summed E-state index contributed by atoms with van der Waals surface area (Å²) in [4.78, 5) is 14.2. The first kappa shape index (κ1) is 11.7. The molecular formula is C14H18N2O2. The van der Waals surface area contributed by atoms with Crippen LogP contribution in [0.25, 0.3) is 0 Å². The first-order valence-electron chi connectivity index (χ1n) is 6.45. The first-order chi connectivity index (χ1) is 8.81. The molecular weight excluding hydrogens is 228 g/mol. The van der Waals surface area contributed by atoms with E-state index in [0.29, 0.717) is 13.2 Å². The molecule has 2 bridgehead atoms. The topological polar surface area (TPSA) is 41.6 Å². The summed E-state index contributed by atoms with van der Waals surface area (Å²) in [5, 5.41) is 3.05. The van der Waals surface area contributed by atoms with Crippen molar-refractivity contribution in [1.82, 2.24) is 10.2 Å². The number of amides is 1. The molecule has 4 nitrogen and oxygen atoms in total. The summed E-state index contributed by atoms with van der Waals surface area (Å²) in [5.74, 6) is 0.120. The molecule has 2 fully saturated rings. The highest BCUT2D eigenvalue weighted by Crippen LogP contribution is 2.16. The molecule has 1 aromatic carbocycles. The third-order valence-corrected chi connectivity index (χ3v) is 3.56. The second-order valence-electron chi connectivity index (χ2n) is 5.12. The Kier molecular flexibility index (Phi) is 3.30. The van der Waals surface area contributed by atoms with E-state index in [1.54, 1.807) is 0 Å². The van der Waals surface area contributed by atoms with Crippen molar-refractivity contribution in [2.24, 2.45) is 5.92 Å². The van der Waals surface area contributed by atoms with Crippen LogP contribution < -0.4 is 5.32 Å². The Balaban J connectivity index is 1.72. The molecule has 2 atom stereocenters. The van der Waals surface area contributed by atoms with Gasteiger partial charge in [-0.3, -0.25) is 9.69 Å². The van der Waals surface area contributed by atoms with E-state index in [0.717, 1.165) is 19.6 Å². The van der Waals surface area contributed by atoms with E-state index in [1.807, 2.05) is 6.07 Å². The van der Waals surface area contributed by atoms with Gasteiger partial charge in [-0.25, -0.2) is 0 Å². The Bertz CT molecular complexity index is 421. The van der Waals surface area contributed by atoms with E-state index in [-0.39, 0.29) is 17.9 Å². The van der Waals surface area contributed by atoms with Crippen LogP contribution in [-0.4, -0.2) is 43.2 Å². The molecule has 3 rings (SSSR count). The second-order valence-corrected chi connectivity index (χ2v) is 5.12. The molecule has 1 amide bonds. The number of nitrogens with one attached hydrogen (secondary N) is 1. The lowest BCUT2D eigenvalue weighted by Gasteiger charge is -2.27. The quantitative estimate of drug-likeness (QED) is 0.832. The van der Waals surface area contributed by atoms with Gasteiger partial charge in [0.2, 0.25) is 5.91 Å². The average Bonchev–Trinajstić information content (AvgIpc) is 2.59. The van der Waals surface area contributed by atoms with Gasteiger partial charge in [-0.1, -0.05) is 30.3 Å². The molecule has 4 heteroatoms. The predicted octanol–water partition coefficient (Wildman–Crippen LogP) is 0.633. The molecule has 2 heterocycles. The van der Waals surface area contributed by atoms with E-state index >= 15 is 0 Å². The third-order valence-electron chi connectivity index (χ3n) is 3.56. The molecule has 0 radical (unpaired) electrons.